The van der Waals surface area contributed by atoms with Gasteiger partial charge in [-0.15, -0.1) is 0 Å². The highest BCUT2D eigenvalue weighted by molar-refractivity contribution is 6.23. The van der Waals surface area contributed by atoms with Crippen LogP contribution in [0, 0.1) is 0 Å². The fraction of sp³-hybridized carbons (Fsp3) is 0.0145. The molecule has 12 aromatic carbocycles. The molecule has 0 saturated heterocycles. The molecule has 0 saturated carbocycles. The van der Waals surface area contributed by atoms with E-state index in [1.54, 1.807) is 0 Å². The van der Waals surface area contributed by atoms with Gasteiger partial charge in [-0.2, -0.15) is 0 Å². The van der Waals surface area contributed by atoms with E-state index in [0.717, 1.165) is 39.8 Å². The van der Waals surface area contributed by atoms with E-state index in [0.29, 0.717) is 0 Å². The second kappa shape index (κ2) is 17.3. The molecule has 0 aliphatic rings. The molecule has 0 unspecified atom stereocenters. The quantitative estimate of drug-likeness (QED) is 0.134. The number of fused-ring (bicyclic) bond motifs is 8. The van der Waals surface area contributed by atoms with Gasteiger partial charge in [-0.25, -0.2) is 0 Å². The van der Waals surface area contributed by atoms with Gasteiger partial charge in [-0.3, -0.25) is 0 Å². The van der Waals surface area contributed by atoms with Crippen molar-refractivity contribution in [2.45, 2.75) is 0 Å². The van der Waals surface area contributed by atoms with Gasteiger partial charge in [0.2, 0.25) is 0 Å². The molecule has 14 rings (SSSR count). The Morgan fingerprint density at radius 1 is 0.247 bits per heavy atom. The first kappa shape index (κ1) is 42.3. The summed E-state index contributed by atoms with van der Waals surface area (Å²) in [4.78, 5) is 4.75. The van der Waals surface area contributed by atoms with Gasteiger partial charge < -0.3 is 18.9 Å². The maximum atomic E-state index is 2.43. The Morgan fingerprint density at radius 3 is 1.08 bits per heavy atom. The summed E-state index contributed by atoms with van der Waals surface area (Å²) in [5.74, 6) is 0. The van der Waals surface area contributed by atoms with E-state index < -0.39 is 0 Å². The molecule has 344 valence electrons. The number of hydrogen-bond acceptors (Lipinski definition) is 2. The zero-order chi connectivity index (χ0) is 48.4. The molecule has 0 N–H and O–H groups in total. The summed E-state index contributed by atoms with van der Waals surface area (Å²) in [6.07, 6.45) is 0. The van der Waals surface area contributed by atoms with Crippen molar-refractivity contribution in [1.82, 2.24) is 9.13 Å². The molecule has 2 heterocycles. The summed E-state index contributed by atoms with van der Waals surface area (Å²) in [5, 5.41) is 9.70. The van der Waals surface area contributed by atoms with Crippen molar-refractivity contribution in [1.29, 1.82) is 0 Å². The Hall–Kier alpha value is -9.64. The summed E-state index contributed by atoms with van der Waals surface area (Å²) in [6, 6.07) is 99.6. The molecule has 0 spiro atoms. The zero-order valence-corrected chi connectivity index (χ0v) is 40.3. The Morgan fingerprint density at radius 2 is 0.589 bits per heavy atom. The van der Waals surface area contributed by atoms with Crippen molar-refractivity contribution in [3.05, 3.63) is 273 Å². The van der Waals surface area contributed by atoms with E-state index in [4.69, 9.17) is 0 Å². The fourth-order valence-electron chi connectivity index (χ4n) is 11.5. The molecule has 14 aromatic rings. The molecule has 4 heteroatoms. The lowest BCUT2D eigenvalue weighted by Gasteiger charge is -2.27. The topological polar surface area (TPSA) is 16.3 Å². The van der Waals surface area contributed by atoms with E-state index in [9.17, 15) is 0 Å². The number of rotatable bonds is 9. The third-order valence-corrected chi connectivity index (χ3v) is 14.9. The largest absolute Gasteiger partial charge is 0.345 e. The lowest BCUT2D eigenvalue weighted by molar-refractivity contribution is 1.18. The molecule has 0 fully saturated rings. The van der Waals surface area contributed by atoms with Gasteiger partial charge in [0.05, 0.1) is 22.1 Å². The Balaban J connectivity index is 0.973. The van der Waals surface area contributed by atoms with E-state index in [2.05, 4.69) is 299 Å². The van der Waals surface area contributed by atoms with Gasteiger partial charge >= 0.3 is 0 Å². The van der Waals surface area contributed by atoms with Crippen molar-refractivity contribution in [2.75, 3.05) is 16.8 Å². The van der Waals surface area contributed by atoms with Gasteiger partial charge in [0.1, 0.15) is 0 Å². The molecule has 0 amide bonds. The predicted octanol–water partition coefficient (Wildman–Crippen LogP) is 18.8. The lowest BCUT2D eigenvalue weighted by atomic mass is 9.85. The number of nitrogens with zero attached hydrogens (tertiary/aromatic N) is 4. The van der Waals surface area contributed by atoms with Crippen LogP contribution < -0.4 is 9.80 Å². The molecular weight excluding hydrogens is 885 g/mol. The smallest absolute Gasteiger partial charge is 0.0542 e. The minimum absolute atomic E-state index is 1.08. The van der Waals surface area contributed by atoms with Crippen molar-refractivity contribution < 1.29 is 0 Å². The molecule has 73 heavy (non-hydrogen) atoms. The van der Waals surface area contributed by atoms with E-state index in [1.165, 1.54) is 87.4 Å². The van der Waals surface area contributed by atoms with Crippen LogP contribution in [-0.4, -0.2) is 16.2 Å². The number of anilines is 5. The van der Waals surface area contributed by atoms with Crippen LogP contribution in [0.4, 0.5) is 28.4 Å². The van der Waals surface area contributed by atoms with Crippen LogP contribution in [0.25, 0.3) is 98.8 Å². The number of hydrogen-bond donors (Lipinski definition) is 0. The molecule has 0 aliphatic carbocycles. The van der Waals surface area contributed by atoms with Crippen LogP contribution in [0.1, 0.15) is 0 Å². The summed E-state index contributed by atoms with van der Waals surface area (Å²) in [7, 11) is 2.20. The minimum atomic E-state index is 1.08. The van der Waals surface area contributed by atoms with Gasteiger partial charge in [-0.05, 0) is 153 Å². The first-order chi connectivity index (χ1) is 36.2. The second-order valence-electron chi connectivity index (χ2n) is 19.0. The predicted molar refractivity (Wildman–Crippen MR) is 310 cm³/mol. The standard InChI is InChI=1S/C69H48N4/c1-70(53-37-41-66-60(43-53)56-31-17-19-33-64(56)72(66)50-27-13-5-14-28-50)52-35-39-58-62(44-52)68(47-21-7-2-8-22-47)59-40-36-54(46-63(59)69(58)48-23-9-3-10-24-48)71(49-25-11-4-12-26-49)55-38-42-67-61(45-55)57-32-18-20-34-65(57)73(67)51-29-15-6-16-30-51/h2-46H,1H3. The summed E-state index contributed by atoms with van der Waals surface area (Å²) in [6.45, 7) is 0. The maximum Gasteiger partial charge on any atom is 0.0542 e. The van der Waals surface area contributed by atoms with Gasteiger partial charge in [0.25, 0.3) is 0 Å². The van der Waals surface area contributed by atoms with E-state index in [1.807, 2.05) is 0 Å². The van der Waals surface area contributed by atoms with Crippen LogP contribution in [0.15, 0.2) is 273 Å². The average Bonchev–Trinajstić information content (AvgIpc) is 3.98. The van der Waals surface area contributed by atoms with Crippen LogP contribution >= 0.6 is 0 Å². The zero-order valence-electron chi connectivity index (χ0n) is 40.3. The third kappa shape index (κ3) is 6.98. The lowest BCUT2D eigenvalue weighted by Crippen LogP contribution is -2.10. The van der Waals surface area contributed by atoms with E-state index in [-0.39, 0.29) is 0 Å². The van der Waals surface area contributed by atoms with Gasteiger partial charge in [0.15, 0.2) is 0 Å². The molecule has 0 bridgehead atoms. The SMILES string of the molecule is CN(c1ccc2c(-c3ccccc3)c3cc(N(c4ccccc4)c4ccc5c(c4)c4ccccc4n5-c4ccccc4)ccc3c(-c3ccccc3)c2c1)c1ccc2c(c1)c1ccccc1n2-c1ccccc1. The average molecular weight is 933 g/mol. The summed E-state index contributed by atoms with van der Waals surface area (Å²) < 4.78 is 4.76. The van der Waals surface area contributed by atoms with Crippen molar-refractivity contribution in [3.63, 3.8) is 0 Å². The third-order valence-electron chi connectivity index (χ3n) is 14.9. The maximum absolute atomic E-state index is 2.43. The monoisotopic (exact) mass is 932 g/mol. The second-order valence-corrected chi connectivity index (χ2v) is 19.0. The van der Waals surface area contributed by atoms with Crippen LogP contribution in [0.2, 0.25) is 0 Å². The normalized spacial score (nSPS) is 11.6. The first-order valence-corrected chi connectivity index (χ1v) is 25.1. The Bertz CT molecular complexity index is 4370. The number of para-hydroxylation sites is 5. The Labute approximate surface area is 424 Å². The first-order valence-electron chi connectivity index (χ1n) is 25.1. The molecule has 4 nitrogen and oxygen atoms in total. The van der Waals surface area contributed by atoms with Crippen LogP contribution in [0.3, 0.4) is 0 Å². The summed E-state index contributed by atoms with van der Waals surface area (Å²) >= 11 is 0. The van der Waals surface area contributed by atoms with E-state index >= 15 is 0 Å². The van der Waals surface area contributed by atoms with Gasteiger partial charge in [0, 0.05) is 68.4 Å². The molecular formula is C69H48N4. The molecule has 0 atom stereocenters. The highest BCUT2D eigenvalue weighted by atomic mass is 15.1. The highest BCUT2D eigenvalue weighted by Gasteiger charge is 2.23. The Kier molecular flexibility index (Phi) is 10.0. The summed E-state index contributed by atoms with van der Waals surface area (Å²) in [5.41, 5.74) is 17.4. The van der Waals surface area contributed by atoms with Crippen molar-refractivity contribution in [2.24, 2.45) is 0 Å². The van der Waals surface area contributed by atoms with Gasteiger partial charge in [-0.1, -0.05) is 164 Å². The van der Waals surface area contributed by atoms with Crippen molar-refractivity contribution >= 4 is 93.6 Å². The minimum Gasteiger partial charge on any atom is -0.345 e. The number of benzene rings is 12. The molecule has 0 aliphatic heterocycles. The fourth-order valence-corrected chi connectivity index (χ4v) is 11.5. The highest BCUT2D eigenvalue weighted by Crippen LogP contribution is 2.48. The van der Waals surface area contributed by atoms with Crippen LogP contribution in [-0.2, 0) is 0 Å². The molecule has 0 radical (unpaired) electrons. The van der Waals surface area contributed by atoms with Crippen molar-refractivity contribution in [3.8, 4) is 33.6 Å². The van der Waals surface area contributed by atoms with Crippen LogP contribution in [0.5, 0.6) is 0 Å². The molecule has 2 aromatic heterocycles. The number of aromatic nitrogens is 2.